The van der Waals surface area contributed by atoms with E-state index in [0.29, 0.717) is 18.7 Å². The van der Waals surface area contributed by atoms with Crippen LogP contribution in [0.5, 0.6) is 0 Å². The van der Waals surface area contributed by atoms with Gasteiger partial charge in [-0.1, -0.05) is 6.92 Å². The van der Waals surface area contributed by atoms with E-state index in [2.05, 4.69) is 5.32 Å². The summed E-state index contributed by atoms with van der Waals surface area (Å²) in [6, 6.07) is 4.28. The van der Waals surface area contributed by atoms with Crippen molar-refractivity contribution in [2.75, 3.05) is 11.9 Å². The van der Waals surface area contributed by atoms with Crippen molar-refractivity contribution in [3.63, 3.8) is 0 Å². The predicted octanol–water partition coefficient (Wildman–Crippen LogP) is 3.63. The number of benzene rings is 1. The molecule has 4 nitrogen and oxygen atoms in total. The topological polar surface area (TPSA) is 64.3 Å². The largest absolute Gasteiger partial charge is 0.444 e. The Balaban J connectivity index is 2.91. The Kier molecular flexibility index (Phi) is 5.51. The second kappa shape index (κ2) is 6.70. The number of amides is 1. The number of hydrogen-bond acceptors (Lipinski definition) is 3. The van der Waals surface area contributed by atoms with Crippen molar-refractivity contribution in [1.29, 1.82) is 0 Å². The fraction of sp³-hybridized carbons (Fsp3) is 0.533. The molecule has 1 aromatic rings. The molecule has 1 rings (SSSR count). The summed E-state index contributed by atoms with van der Waals surface area (Å²) in [5.74, 6) is -0.278. The molecule has 0 aliphatic rings. The average Bonchev–Trinajstić information content (AvgIpc) is 2.29. The number of nitrogens with one attached hydrogen (secondary N) is 1. The number of anilines is 1. The maximum absolute atomic E-state index is 13.4. The van der Waals surface area contributed by atoms with Crippen molar-refractivity contribution in [2.45, 2.75) is 45.6 Å². The van der Waals surface area contributed by atoms with Gasteiger partial charge in [-0.3, -0.25) is 5.32 Å². The van der Waals surface area contributed by atoms with E-state index in [1.807, 2.05) is 6.92 Å². The summed E-state index contributed by atoms with van der Waals surface area (Å²) >= 11 is 0. The van der Waals surface area contributed by atoms with Crippen LogP contribution >= 0.6 is 0 Å². The first-order valence-electron chi connectivity index (χ1n) is 6.72. The molecule has 0 heterocycles. The van der Waals surface area contributed by atoms with E-state index in [0.717, 1.165) is 5.56 Å². The molecule has 0 bridgehead atoms. The lowest BCUT2D eigenvalue weighted by Crippen LogP contribution is -2.27. The van der Waals surface area contributed by atoms with E-state index in [1.54, 1.807) is 26.8 Å². The summed E-state index contributed by atoms with van der Waals surface area (Å²) in [4.78, 5) is 11.8. The number of ether oxygens (including phenoxy) is 1. The van der Waals surface area contributed by atoms with Gasteiger partial charge in [0.15, 0.2) is 0 Å². The normalized spacial score (nSPS) is 12.9. The van der Waals surface area contributed by atoms with Gasteiger partial charge in [0, 0.05) is 5.69 Å². The second-order valence-corrected chi connectivity index (χ2v) is 5.84. The maximum atomic E-state index is 13.4. The molecule has 5 heteroatoms. The predicted molar refractivity (Wildman–Crippen MR) is 78.3 cm³/mol. The molecule has 1 atom stereocenters. The third kappa shape index (κ3) is 5.17. The lowest BCUT2D eigenvalue weighted by molar-refractivity contribution is 0.0635. The highest BCUT2D eigenvalue weighted by Gasteiger charge is 2.18. The van der Waals surface area contributed by atoms with Gasteiger partial charge in [-0.05, 0) is 63.4 Å². The minimum absolute atomic E-state index is 0.0561. The molecule has 0 spiro atoms. The minimum atomic E-state index is -0.576. The van der Waals surface area contributed by atoms with Gasteiger partial charge in [-0.25, -0.2) is 9.18 Å². The molecule has 1 aromatic carbocycles. The number of nitrogens with two attached hydrogens (primary N) is 1. The molecule has 0 radical (unpaired) electrons. The van der Waals surface area contributed by atoms with Crippen molar-refractivity contribution in [3.8, 4) is 0 Å². The van der Waals surface area contributed by atoms with Crippen molar-refractivity contribution in [3.05, 3.63) is 29.6 Å². The maximum Gasteiger partial charge on any atom is 0.412 e. The number of carbonyl (C=O) groups excluding carboxylic acids is 1. The van der Waals surface area contributed by atoms with Crippen LogP contribution < -0.4 is 11.1 Å². The van der Waals surface area contributed by atoms with Crippen LogP contribution in [0.1, 0.15) is 45.6 Å². The highest BCUT2D eigenvalue weighted by molar-refractivity contribution is 5.86. The summed E-state index contributed by atoms with van der Waals surface area (Å²) < 4.78 is 18.6. The smallest absolute Gasteiger partial charge is 0.412 e. The van der Waals surface area contributed by atoms with Gasteiger partial charge in [0.05, 0.1) is 0 Å². The first-order chi connectivity index (χ1) is 9.23. The zero-order chi connectivity index (χ0) is 15.3. The van der Waals surface area contributed by atoms with Crippen LogP contribution in [0.15, 0.2) is 18.2 Å². The van der Waals surface area contributed by atoms with Gasteiger partial charge in [-0.15, -0.1) is 0 Å². The van der Waals surface area contributed by atoms with Crippen LogP contribution in [-0.4, -0.2) is 18.2 Å². The molecule has 1 amide bonds. The van der Waals surface area contributed by atoms with Gasteiger partial charge in [0.2, 0.25) is 0 Å². The number of rotatable bonds is 4. The summed E-state index contributed by atoms with van der Waals surface area (Å²) in [5, 5.41) is 2.66. The van der Waals surface area contributed by atoms with Crippen LogP contribution in [0.2, 0.25) is 0 Å². The van der Waals surface area contributed by atoms with E-state index in [1.165, 1.54) is 12.1 Å². The highest BCUT2D eigenvalue weighted by Crippen LogP contribution is 2.28. The van der Waals surface area contributed by atoms with Gasteiger partial charge < -0.3 is 10.5 Å². The summed E-state index contributed by atoms with van der Waals surface area (Å²) in [6.45, 7) is 7.81. The van der Waals surface area contributed by atoms with Gasteiger partial charge in [0.25, 0.3) is 0 Å². The first-order valence-corrected chi connectivity index (χ1v) is 6.72. The minimum Gasteiger partial charge on any atom is -0.444 e. The standard InChI is InChI=1S/C15H23FN2O2/c1-10(7-8-17)12-9-11(16)5-6-13(12)18-14(19)20-15(2,3)4/h5-6,9-10H,7-8,17H2,1-4H3,(H,18,19). The van der Waals surface area contributed by atoms with Crippen molar-refractivity contribution >= 4 is 11.8 Å². The van der Waals surface area contributed by atoms with E-state index in [4.69, 9.17) is 10.5 Å². The van der Waals surface area contributed by atoms with E-state index in [9.17, 15) is 9.18 Å². The zero-order valence-electron chi connectivity index (χ0n) is 12.5. The lowest BCUT2D eigenvalue weighted by atomic mass is 9.96. The Bertz CT molecular complexity index is 469. The van der Waals surface area contributed by atoms with Gasteiger partial charge in [0.1, 0.15) is 11.4 Å². The molecular formula is C15H23FN2O2. The van der Waals surface area contributed by atoms with Crippen LogP contribution in [0.3, 0.4) is 0 Å². The van der Waals surface area contributed by atoms with Crippen molar-refractivity contribution < 1.29 is 13.9 Å². The number of carbonyl (C=O) groups is 1. The van der Waals surface area contributed by atoms with E-state index >= 15 is 0 Å². The van der Waals surface area contributed by atoms with E-state index < -0.39 is 11.7 Å². The number of halogens is 1. The fourth-order valence-electron chi connectivity index (χ4n) is 1.87. The molecule has 20 heavy (non-hydrogen) atoms. The van der Waals surface area contributed by atoms with Crippen molar-refractivity contribution in [1.82, 2.24) is 0 Å². The van der Waals surface area contributed by atoms with Crippen molar-refractivity contribution in [2.24, 2.45) is 5.73 Å². The Hall–Kier alpha value is -1.62. The quantitative estimate of drug-likeness (QED) is 0.886. The van der Waals surface area contributed by atoms with Gasteiger partial charge in [-0.2, -0.15) is 0 Å². The monoisotopic (exact) mass is 282 g/mol. The third-order valence-corrected chi connectivity index (χ3v) is 2.78. The second-order valence-electron chi connectivity index (χ2n) is 5.84. The molecule has 0 aliphatic heterocycles. The molecule has 0 saturated carbocycles. The molecule has 0 aromatic heterocycles. The molecule has 0 aliphatic carbocycles. The SMILES string of the molecule is CC(CCN)c1cc(F)ccc1NC(=O)OC(C)(C)C. The Morgan fingerprint density at radius 2 is 2.10 bits per heavy atom. The Morgan fingerprint density at radius 1 is 1.45 bits per heavy atom. The molecule has 0 fully saturated rings. The molecule has 0 saturated heterocycles. The summed E-state index contributed by atoms with van der Waals surface area (Å²) in [6.07, 6.45) is 0.164. The molecule has 112 valence electrons. The highest BCUT2D eigenvalue weighted by atomic mass is 19.1. The first kappa shape index (κ1) is 16.4. The number of hydrogen-bond donors (Lipinski definition) is 2. The van der Waals surface area contributed by atoms with Gasteiger partial charge >= 0.3 is 6.09 Å². The summed E-state index contributed by atoms with van der Waals surface area (Å²) in [7, 11) is 0. The van der Waals surface area contributed by atoms with Crippen LogP contribution in [0, 0.1) is 5.82 Å². The van der Waals surface area contributed by atoms with Crippen LogP contribution in [0.4, 0.5) is 14.9 Å². The third-order valence-electron chi connectivity index (χ3n) is 2.78. The fourth-order valence-corrected chi connectivity index (χ4v) is 1.87. The van der Waals surface area contributed by atoms with E-state index in [-0.39, 0.29) is 11.7 Å². The zero-order valence-corrected chi connectivity index (χ0v) is 12.5. The average molecular weight is 282 g/mol. The Labute approximate surface area is 119 Å². The molecule has 3 N–H and O–H groups in total. The Morgan fingerprint density at radius 3 is 2.65 bits per heavy atom. The summed E-state index contributed by atoms with van der Waals surface area (Å²) in [5.41, 5.74) is 6.24. The molecular weight excluding hydrogens is 259 g/mol. The van der Waals surface area contributed by atoms with Crippen LogP contribution in [0.25, 0.3) is 0 Å². The molecule has 1 unspecified atom stereocenters. The lowest BCUT2D eigenvalue weighted by Gasteiger charge is -2.21. The van der Waals surface area contributed by atoms with Crippen LogP contribution in [-0.2, 0) is 4.74 Å².